The molecule has 1 aliphatic rings. The van der Waals surface area contributed by atoms with Gasteiger partial charge in [-0.3, -0.25) is 4.79 Å². The summed E-state index contributed by atoms with van der Waals surface area (Å²) in [6.45, 7) is 3.07. The van der Waals surface area contributed by atoms with E-state index in [2.05, 4.69) is 10.6 Å². The summed E-state index contributed by atoms with van der Waals surface area (Å²) in [6.07, 6.45) is 0.101. The summed E-state index contributed by atoms with van der Waals surface area (Å²) in [4.78, 5) is 11.8. The molecule has 0 radical (unpaired) electrons. The van der Waals surface area contributed by atoms with Gasteiger partial charge in [-0.25, -0.2) is 0 Å². The topological polar surface area (TPSA) is 61.4 Å². The molecule has 1 aromatic rings. The molecule has 1 amide bonds. The van der Waals surface area contributed by atoms with Crippen LogP contribution >= 0.6 is 0 Å². The van der Waals surface area contributed by atoms with Gasteiger partial charge in [-0.15, -0.1) is 0 Å². The number of hydrogen-bond acceptors (Lipinski definition) is 3. The number of hydrogen-bond donors (Lipinski definition) is 3. The third-order valence-corrected chi connectivity index (χ3v) is 3.14. The molecule has 0 aromatic heterocycles. The Bertz CT molecular complexity index is 406. The maximum absolute atomic E-state index is 11.8. The molecule has 3 N–H and O–H groups in total. The minimum atomic E-state index is -0.399. The van der Waals surface area contributed by atoms with Crippen molar-refractivity contribution in [3.63, 3.8) is 0 Å². The monoisotopic (exact) mass is 234 g/mol. The van der Waals surface area contributed by atoms with Gasteiger partial charge >= 0.3 is 0 Å². The second kappa shape index (κ2) is 5.29. The summed E-state index contributed by atoms with van der Waals surface area (Å²) in [5.74, 6) is -0.0372. The molecule has 2 unspecified atom stereocenters. The fourth-order valence-corrected chi connectivity index (χ4v) is 2.03. The van der Waals surface area contributed by atoms with Gasteiger partial charge < -0.3 is 15.7 Å². The number of aryl methyl sites for hydroxylation is 1. The van der Waals surface area contributed by atoms with Crippen molar-refractivity contribution >= 4 is 5.91 Å². The van der Waals surface area contributed by atoms with Gasteiger partial charge in [0.2, 0.25) is 5.91 Å². The summed E-state index contributed by atoms with van der Waals surface area (Å²) in [7, 11) is 0. The van der Waals surface area contributed by atoms with Crippen molar-refractivity contribution in [3.05, 3.63) is 35.4 Å². The lowest BCUT2D eigenvalue weighted by Gasteiger charge is -2.12. The van der Waals surface area contributed by atoms with Crippen LogP contribution in [-0.2, 0) is 11.3 Å². The summed E-state index contributed by atoms with van der Waals surface area (Å²) >= 11 is 0. The predicted molar refractivity (Wildman–Crippen MR) is 65.4 cm³/mol. The Morgan fingerprint density at radius 1 is 1.53 bits per heavy atom. The average molecular weight is 234 g/mol. The number of β-amino-alcohol motifs (C(OH)–C–C–N with tert-alkyl or cyclic N) is 1. The molecule has 0 bridgehead atoms. The van der Waals surface area contributed by atoms with Crippen LogP contribution in [0, 0.1) is 6.92 Å². The number of benzene rings is 1. The first-order chi connectivity index (χ1) is 8.16. The minimum Gasteiger partial charge on any atom is -0.392 e. The standard InChI is InChI=1S/C13H18N2O2/c1-9-4-2-3-5-10(9)7-15-13(17)12-6-11(16)8-14-12/h2-5,11-12,14,16H,6-8H2,1H3,(H,15,17). The Balaban J connectivity index is 1.86. The Hall–Kier alpha value is -1.39. The van der Waals surface area contributed by atoms with E-state index in [0.29, 0.717) is 19.5 Å². The van der Waals surface area contributed by atoms with E-state index < -0.39 is 6.10 Å². The van der Waals surface area contributed by atoms with E-state index in [1.165, 1.54) is 5.56 Å². The predicted octanol–water partition coefficient (Wildman–Crippen LogP) is 0.334. The number of rotatable bonds is 3. The summed E-state index contributed by atoms with van der Waals surface area (Å²) in [6, 6.07) is 7.72. The average Bonchev–Trinajstić information content (AvgIpc) is 2.74. The lowest BCUT2D eigenvalue weighted by molar-refractivity contribution is -0.123. The van der Waals surface area contributed by atoms with Crippen LogP contribution in [-0.4, -0.2) is 29.7 Å². The number of aliphatic hydroxyl groups excluding tert-OH is 1. The van der Waals surface area contributed by atoms with Gasteiger partial charge in [0.15, 0.2) is 0 Å². The first kappa shape index (κ1) is 12.1. The van der Waals surface area contributed by atoms with Gasteiger partial charge in [-0.2, -0.15) is 0 Å². The molecule has 4 heteroatoms. The SMILES string of the molecule is Cc1ccccc1CNC(=O)C1CC(O)CN1. The summed E-state index contributed by atoms with van der Waals surface area (Å²) in [5.41, 5.74) is 2.30. The second-order valence-electron chi connectivity index (χ2n) is 4.49. The largest absolute Gasteiger partial charge is 0.392 e. The Morgan fingerprint density at radius 3 is 2.94 bits per heavy atom. The van der Waals surface area contributed by atoms with Gasteiger partial charge in [0, 0.05) is 13.1 Å². The third kappa shape index (κ3) is 3.05. The van der Waals surface area contributed by atoms with E-state index >= 15 is 0 Å². The zero-order chi connectivity index (χ0) is 12.3. The Labute approximate surface area is 101 Å². The highest BCUT2D eigenvalue weighted by Crippen LogP contribution is 2.08. The molecule has 0 spiro atoms. The van der Waals surface area contributed by atoms with Crippen molar-refractivity contribution in [2.45, 2.75) is 32.0 Å². The van der Waals surface area contributed by atoms with Crippen LogP contribution in [0.25, 0.3) is 0 Å². The van der Waals surface area contributed by atoms with Gasteiger partial charge in [0.1, 0.15) is 0 Å². The fourth-order valence-electron chi connectivity index (χ4n) is 2.03. The van der Waals surface area contributed by atoms with Gasteiger partial charge in [-0.05, 0) is 24.5 Å². The molecular weight excluding hydrogens is 216 g/mol. The van der Waals surface area contributed by atoms with Crippen LogP contribution in [0.1, 0.15) is 17.5 Å². The highest BCUT2D eigenvalue weighted by atomic mass is 16.3. The van der Waals surface area contributed by atoms with Gasteiger partial charge in [-0.1, -0.05) is 24.3 Å². The summed E-state index contributed by atoms with van der Waals surface area (Å²) < 4.78 is 0. The van der Waals surface area contributed by atoms with Crippen molar-refractivity contribution in [2.24, 2.45) is 0 Å². The quantitative estimate of drug-likeness (QED) is 0.706. The van der Waals surface area contributed by atoms with E-state index in [-0.39, 0.29) is 11.9 Å². The number of amides is 1. The van der Waals surface area contributed by atoms with Crippen molar-refractivity contribution in [2.75, 3.05) is 6.54 Å². The van der Waals surface area contributed by atoms with Crippen LogP contribution < -0.4 is 10.6 Å². The maximum atomic E-state index is 11.8. The van der Waals surface area contributed by atoms with Gasteiger partial charge in [0.05, 0.1) is 12.1 Å². The molecular formula is C13H18N2O2. The molecule has 1 saturated heterocycles. The molecule has 17 heavy (non-hydrogen) atoms. The molecule has 1 aliphatic heterocycles. The fraction of sp³-hybridized carbons (Fsp3) is 0.462. The molecule has 1 heterocycles. The van der Waals surface area contributed by atoms with Crippen LogP contribution in [0.15, 0.2) is 24.3 Å². The Morgan fingerprint density at radius 2 is 2.29 bits per heavy atom. The molecule has 2 rings (SSSR count). The van der Waals surface area contributed by atoms with Gasteiger partial charge in [0.25, 0.3) is 0 Å². The molecule has 4 nitrogen and oxygen atoms in total. The molecule has 2 atom stereocenters. The zero-order valence-electron chi connectivity index (χ0n) is 9.94. The first-order valence-corrected chi connectivity index (χ1v) is 5.90. The normalized spacial score (nSPS) is 23.6. The molecule has 0 aliphatic carbocycles. The minimum absolute atomic E-state index is 0.0372. The molecule has 1 aromatic carbocycles. The number of aliphatic hydroxyl groups is 1. The third-order valence-electron chi connectivity index (χ3n) is 3.14. The number of carbonyl (C=O) groups is 1. The van der Waals surface area contributed by atoms with Crippen LogP contribution in [0.2, 0.25) is 0 Å². The van der Waals surface area contributed by atoms with Crippen molar-refractivity contribution in [1.29, 1.82) is 0 Å². The van der Waals surface area contributed by atoms with Crippen LogP contribution in [0.5, 0.6) is 0 Å². The van der Waals surface area contributed by atoms with E-state index in [4.69, 9.17) is 0 Å². The molecule has 92 valence electrons. The van der Waals surface area contributed by atoms with E-state index in [9.17, 15) is 9.90 Å². The lowest BCUT2D eigenvalue weighted by atomic mass is 10.1. The highest BCUT2D eigenvalue weighted by molar-refractivity contribution is 5.82. The van der Waals surface area contributed by atoms with E-state index in [1.54, 1.807) is 0 Å². The van der Waals surface area contributed by atoms with E-state index in [0.717, 1.165) is 5.56 Å². The van der Waals surface area contributed by atoms with Crippen LogP contribution in [0.3, 0.4) is 0 Å². The zero-order valence-corrected chi connectivity index (χ0v) is 9.94. The molecule has 0 saturated carbocycles. The van der Waals surface area contributed by atoms with Crippen molar-refractivity contribution < 1.29 is 9.90 Å². The smallest absolute Gasteiger partial charge is 0.237 e. The van der Waals surface area contributed by atoms with Crippen molar-refractivity contribution in [1.82, 2.24) is 10.6 Å². The number of nitrogens with one attached hydrogen (secondary N) is 2. The second-order valence-corrected chi connectivity index (χ2v) is 4.49. The molecule has 1 fully saturated rings. The highest BCUT2D eigenvalue weighted by Gasteiger charge is 2.27. The first-order valence-electron chi connectivity index (χ1n) is 5.90. The Kier molecular flexibility index (Phi) is 3.76. The van der Waals surface area contributed by atoms with Crippen LogP contribution in [0.4, 0.5) is 0 Å². The van der Waals surface area contributed by atoms with Crippen molar-refractivity contribution in [3.8, 4) is 0 Å². The number of carbonyl (C=O) groups excluding carboxylic acids is 1. The lowest BCUT2D eigenvalue weighted by Crippen LogP contribution is -2.40. The van der Waals surface area contributed by atoms with E-state index in [1.807, 2.05) is 31.2 Å². The maximum Gasteiger partial charge on any atom is 0.237 e. The summed E-state index contributed by atoms with van der Waals surface area (Å²) in [5, 5.41) is 15.2.